The lowest BCUT2D eigenvalue weighted by molar-refractivity contribution is -0.136. The lowest BCUT2D eigenvalue weighted by atomic mass is 10.0. The number of aliphatic hydroxyl groups excluding tert-OH is 1. The minimum atomic E-state index is -1.11. The molecule has 0 aliphatic carbocycles. The van der Waals surface area contributed by atoms with Crippen LogP contribution >= 0.6 is 12.4 Å². The van der Waals surface area contributed by atoms with Crippen LogP contribution in [0.5, 0.6) is 0 Å². The maximum atomic E-state index is 13.3. The number of carboxylic acid groups (broad SMARTS) is 1. The van der Waals surface area contributed by atoms with E-state index < -0.39 is 28.8 Å². The Morgan fingerprint density at radius 2 is 1.71 bits per heavy atom. The van der Waals surface area contributed by atoms with Crippen molar-refractivity contribution in [3.8, 4) is 0 Å². The fraction of sp³-hybridized carbons (Fsp3) is 0.222. The smallest absolute Gasteiger partial charge is 0.303 e. The standard InChI is InChI=1S/C18H15F2N3O4.ClH/c19-12-5-10(6-13(20)8-12)1-2-11-7-15(25)17(14(24)3-4-16(26)27)23-18(11)21-9-22-23;/h5-9,24H,1-4H2,(H,26,27);1H. The topological polar surface area (TPSA) is 105 Å². The van der Waals surface area contributed by atoms with Gasteiger partial charge in [-0.05, 0) is 36.6 Å². The van der Waals surface area contributed by atoms with Crippen LogP contribution in [0.2, 0.25) is 0 Å². The van der Waals surface area contributed by atoms with Crippen LogP contribution in [0.25, 0.3) is 11.4 Å². The fourth-order valence-electron chi connectivity index (χ4n) is 2.85. The molecule has 0 saturated heterocycles. The van der Waals surface area contributed by atoms with Crippen LogP contribution < -0.4 is 10.8 Å². The molecule has 0 atom stereocenters. The summed E-state index contributed by atoms with van der Waals surface area (Å²) in [7, 11) is 0. The van der Waals surface area contributed by atoms with E-state index in [1.165, 1.54) is 24.5 Å². The molecule has 0 aliphatic heterocycles. The third-order valence-electron chi connectivity index (χ3n) is 4.04. The van der Waals surface area contributed by atoms with Crippen molar-refractivity contribution in [3.63, 3.8) is 0 Å². The predicted molar refractivity (Wildman–Crippen MR) is 98.4 cm³/mol. The van der Waals surface area contributed by atoms with Gasteiger partial charge in [0.15, 0.2) is 11.0 Å². The predicted octanol–water partition coefficient (Wildman–Crippen LogP) is 1.82. The van der Waals surface area contributed by atoms with E-state index in [1.54, 1.807) is 0 Å². The second-order valence-corrected chi connectivity index (χ2v) is 6.00. The van der Waals surface area contributed by atoms with E-state index >= 15 is 0 Å². The first-order chi connectivity index (χ1) is 12.8. The Kier molecular flexibility index (Phi) is 6.63. The molecule has 28 heavy (non-hydrogen) atoms. The Labute approximate surface area is 163 Å². The average Bonchev–Trinajstić information content (AvgIpc) is 3.06. The highest BCUT2D eigenvalue weighted by molar-refractivity contribution is 5.85. The van der Waals surface area contributed by atoms with Gasteiger partial charge >= 0.3 is 5.97 Å². The molecule has 1 aromatic carbocycles. The molecule has 0 saturated carbocycles. The van der Waals surface area contributed by atoms with Crippen molar-refractivity contribution in [3.05, 3.63) is 68.9 Å². The molecule has 0 bridgehead atoms. The number of hydrogen-bond donors (Lipinski definition) is 2. The number of halogens is 3. The Balaban J connectivity index is 0.00000280. The van der Waals surface area contributed by atoms with Crippen molar-refractivity contribution in [1.82, 2.24) is 14.6 Å². The van der Waals surface area contributed by atoms with Crippen LogP contribution in [-0.2, 0) is 17.6 Å². The van der Waals surface area contributed by atoms with Crippen molar-refractivity contribution in [1.29, 1.82) is 0 Å². The van der Waals surface area contributed by atoms with E-state index in [9.17, 15) is 23.5 Å². The van der Waals surface area contributed by atoms with Crippen LogP contribution in [0, 0.1) is 11.6 Å². The molecule has 0 radical (unpaired) electrons. The van der Waals surface area contributed by atoms with Gasteiger partial charge < -0.3 is 10.2 Å². The second-order valence-electron chi connectivity index (χ2n) is 6.00. The molecule has 0 unspecified atom stereocenters. The Morgan fingerprint density at radius 3 is 2.36 bits per heavy atom. The van der Waals surface area contributed by atoms with E-state index in [2.05, 4.69) is 10.1 Å². The summed E-state index contributed by atoms with van der Waals surface area (Å²) in [5, 5.41) is 22.6. The van der Waals surface area contributed by atoms with E-state index in [0.29, 0.717) is 16.8 Å². The number of pyridine rings is 1. The van der Waals surface area contributed by atoms with Crippen LogP contribution in [0.15, 0.2) is 35.4 Å². The largest absolute Gasteiger partial charge is 0.510 e. The molecule has 10 heteroatoms. The number of aromatic nitrogens is 3. The molecule has 0 amide bonds. The highest BCUT2D eigenvalue weighted by atomic mass is 35.5. The molecule has 3 rings (SSSR count). The molecule has 2 heterocycles. The second kappa shape index (κ2) is 8.75. The zero-order valence-electron chi connectivity index (χ0n) is 14.4. The Bertz CT molecular complexity index is 1110. The van der Waals surface area contributed by atoms with Gasteiger partial charge in [0.1, 0.15) is 23.7 Å². The zero-order chi connectivity index (χ0) is 19.6. The van der Waals surface area contributed by atoms with Gasteiger partial charge in [0.05, 0.1) is 6.42 Å². The zero-order valence-corrected chi connectivity index (χ0v) is 15.2. The van der Waals surface area contributed by atoms with E-state index in [1.807, 2.05) is 0 Å². The van der Waals surface area contributed by atoms with Crippen LogP contribution in [0.4, 0.5) is 8.78 Å². The molecule has 3 aromatic rings. The van der Waals surface area contributed by atoms with Gasteiger partial charge in [0.25, 0.3) is 0 Å². The minimum absolute atomic E-state index is 0. The number of fused-ring (bicyclic) bond motifs is 1. The molecule has 0 spiro atoms. The van der Waals surface area contributed by atoms with Crippen molar-refractivity contribution >= 4 is 29.8 Å². The van der Waals surface area contributed by atoms with Crippen molar-refractivity contribution < 1.29 is 23.8 Å². The van der Waals surface area contributed by atoms with Crippen molar-refractivity contribution in [2.75, 3.05) is 0 Å². The summed E-state index contributed by atoms with van der Waals surface area (Å²) in [6, 6.07) is 4.47. The monoisotopic (exact) mass is 411 g/mol. The van der Waals surface area contributed by atoms with Gasteiger partial charge in [-0.25, -0.2) is 18.3 Å². The van der Waals surface area contributed by atoms with Gasteiger partial charge in [0.2, 0.25) is 5.43 Å². The van der Waals surface area contributed by atoms with Gasteiger partial charge in [-0.2, -0.15) is 5.10 Å². The number of aryl methyl sites for hydroxylation is 2. The van der Waals surface area contributed by atoms with Gasteiger partial charge in [-0.15, -0.1) is 12.4 Å². The molecule has 148 valence electrons. The maximum absolute atomic E-state index is 13.3. The fourth-order valence-corrected chi connectivity index (χ4v) is 2.85. The molecule has 0 fully saturated rings. The summed E-state index contributed by atoms with van der Waals surface area (Å²) in [5.41, 5.74) is 0.689. The number of rotatable bonds is 6. The van der Waals surface area contributed by atoms with E-state index in [0.717, 1.165) is 10.6 Å². The molecule has 2 N–H and O–H groups in total. The van der Waals surface area contributed by atoms with E-state index in [4.69, 9.17) is 5.11 Å². The van der Waals surface area contributed by atoms with Crippen molar-refractivity contribution in [2.24, 2.45) is 0 Å². The first-order valence-electron chi connectivity index (χ1n) is 8.09. The highest BCUT2D eigenvalue weighted by Crippen LogP contribution is 2.13. The van der Waals surface area contributed by atoms with Crippen LogP contribution in [0.1, 0.15) is 24.0 Å². The van der Waals surface area contributed by atoms with E-state index in [-0.39, 0.29) is 43.4 Å². The number of aliphatic carboxylic acids is 1. The lowest BCUT2D eigenvalue weighted by Gasteiger charge is -2.06. The normalized spacial score (nSPS) is 11.9. The SMILES string of the molecule is Cl.O=C(O)CCC(O)=c1c(=O)cc(CCc2cc(F)cc(F)c2)c2ncnn12. The highest BCUT2D eigenvalue weighted by Gasteiger charge is 2.13. The molecule has 2 aromatic heterocycles. The number of aliphatic hydroxyl groups is 1. The van der Waals surface area contributed by atoms with Gasteiger partial charge in [0, 0.05) is 18.1 Å². The molecule has 7 nitrogen and oxygen atoms in total. The summed E-state index contributed by atoms with van der Waals surface area (Å²) in [5.74, 6) is -2.87. The average molecular weight is 412 g/mol. The number of nitrogens with zero attached hydrogens (tertiary/aromatic N) is 3. The summed E-state index contributed by atoms with van der Waals surface area (Å²) < 4.78 is 27.8. The molecular weight excluding hydrogens is 396 g/mol. The Hall–Kier alpha value is -3.07. The van der Waals surface area contributed by atoms with Crippen LogP contribution in [-0.4, -0.2) is 30.8 Å². The maximum Gasteiger partial charge on any atom is 0.303 e. The summed E-state index contributed by atoms with van der Waals surface area (Å²) >= 11 is 0. The van der Waals surface area contributed by atoms with Crippen molar-refractivity contribution in [2.45, 2.75) is 25.7 Å². The quantitative estimate of drug-likeness (QED) is 0.641. The Morgan fingerprint density at radius 1 is 1.04 bits per heavy atom. The number of hydrogen-bond acceptors (Lipinski definition) is 5. The lowest BCUT2D eigenvalue weighted by Crippen LogP contribution is -2.35. The number of carbonyl (C=O) groups is 1. The summed E-state index contributed by atoms with van der Waals surface area (Å²) in [4.78, 5) is 27.2. The third-order valence-corrected chi connectivity index (χ3v) is 4.04. The van der Waals surface area contributed by atoms with Gasteiger partial charge in [-0.1, -0.05) is 0 Å². The molecule has 0 aliphatic rings. The van der Waals surface area contributed by atoms with Gasteiger partial charge in [-0.3, -0.25) is 9.59 Å². The number of benzene rings is 1. The molecular formula is C18H16ClF2N3O4. The number of carboxylic acids is 1. The third kappa shape index (κ3) is 4.61. The van der Waals surface area contributed by atoms with Crippen LogP contribution in [0.3, 0.4) is 0 Å². The first-order valence-corrected chi connectivity index (χ1v) is 8.09. The minimum Gasteiger partial charge on any atom is -0.510 e. The first kappa shape index (κ1) is 21.2. The summed E-state index contributed by atoms with van der Waals surface area (Å²) in [6.45, 7) is 0. The summed E-state index contributed by atoms with van der Waals surface area (Å²) in [6.07, 6.45) is 1.19.